The Balaban J connectivity index is 1.76. The Hall–Kier alpha value is -0.610. The third-order valence-corrected chi connectivity index (χ3v) is 3.84. The Kier molecular flexibility index (Phi) is 3.82. The van der Waals surface area contributed by atoms with Crippen LogP contribution in [0.5, 0.6) is 0 Å². The molecule has 2 rings (SSSR count). The molecule has 0 spiro atoms. The number of nitrogens with zero attached hydrogens (tertiary/aromatic N) is 2. The number of likely N-dealkylation sites (tertiary alicyclic amines) is 1. The van der Waals surface area contributed by atoms with Gasteiger partial charge >= 0.3 is 0 Å². The highest BCUT2D eigenvalue weighted by atomic mass is 16.2. The standard InChI is InChI=1S/C12H23N3O/c1-3-14(2)8-10-4-5-15(9-10)12(16)11-6-13-7-11/h10-11,13H,3-9H2,1-2H3. The lowest BCUT2D eigenvalue weighted by Gasteiger charge is -2.30. The van der Waals surface area contributed by atoms with Crippen LogP contribution in [0.3, 0.4) is 0 Å². The summed E-state index contributed by atoms with van der Waals surface area (Å²) < 4.78 is 0. The molecule has 92 valence electrons. The van der Waals surface area contributed by atoms with Crippen molar-refractivity contribution in [1.29, 1.82) is 0 Å². The average molecular weight is 225 g/mol. The van der Waals surface area contributed by atoms with Crippen molar-refractivity contribution in [2.75, 3.05) is 46.3 Å². The van der Waals surface area contributed by atoms with Crippen molar-refractivity contribution in [3.63, 3.8) is 0 Å². The number of amides is 1. The molecule has 0 radical (unpaired) electrons. The maximum Gasteiger partial charge on any atom is 0.228 e. The van der Waals surface area contributed by atoms with Crippen LogP contribution >= 0.6 is 0 Å². The van der Waals surface area contributed by atoms with Crippen molar-refractivity contribution in [1.82, 2.24) is 15.1 Å². The minimum atomic E-state index is 0.266. The maximum atomic E-state index is 12.0. The summed E-state index contributed by atoms with van der Waals surface area (Å²) >= 11 is 0. The van der Waals surface area contributed by atoms with Crippen LogP contribution in [0, 0.1) is 11.8 Å². The zero-order chi connectivity index (χ0) is 11.5. The molecule has 0 aromatic rings. The van der Waals surface area contributed by atoms with E-state index in [0.717, 1.165) is 39.3 Å². The summed E-state index contributed by atoms with van der Waals surface area (Å²) in [5.74, 6) is 1.32. The van der Waals surface area contributed by atoms with Crippen molar-refractivity contribution in [3.8, 4) is 0 Å². The second-order valence-corrected chi connectivity index (χ2v) is 5.15. The summed E-state index contributed by atoms with van der Waals surface area (Å²) in [4.78, 5) is 16.4. The number of carbonyl (C=O) groups excluding carboxylic acids is 1. The summed E-state index contributed by atoms with van der Waals surface area (Å²) in [6.07, 6.45) is 1.18. The molecule has 1 amide bonds. The van der Waals surface area contributed by atoms with Gasteiger partial charge in [-0.2, -0.15) is 0 Å². The van der Waals surface area contributed by atoms with Gasteiger partial charge in [-0.15, -0.1) is 0 Å². The van der Waals surface area contributed by atoms with Crippen LogP contribution < -0.4 is 5.32 Å². The van der Waals surface area contributed by atoms with E-state index in [1.807, 2.05) is 0 Å². The molecule has 0 aromatic heterocycles. The van der Waals surface area contributed by atoms with Crippen LogP contribution in [0.25, 0.3) is 0 Å². The number of nitrogens with one attached hydrogen (secondary N) is 1. The molecular weight excluding hydrogens is 202 g/mol. The van der Waals surface area contributed by atoms with Crippen LogP contribution in [-0.4, -0.2) is 62.0 Å². The van der Waals surface area contributed by atoms with E-state index < -0.39 is 0 Å². The van der Waals surface area contributed by atoms with Crippen LogP contribution in [0.15, 0.2) is 0 Å². The summed E-state index contributed by atoms with van der Waals surface area (Å²) in [7, 11) is 2.15. The van der Waals surface area contributed by atoms with E-state index in [-0.39, 0.29) is 5.92 Å². The molecule has 0 bridgehead atoms. The molecule has 4 nitrogen and oxygen atoms in total. The normalized spacial score (nSPS) is 26.2. The van der Waals surface area contributed by atoms with Crippen LogP contribution in [-0.2, 0) is 4.79 Å². The molecule has 2 fully saturated rings. The van der Waals surface area contributed by atoms with Crippen molar-refractivity contribution < 1.29 is 4.79 Å². The van der Waals surface area contributed by atoms with Crippen molar-refractivity contribution >= 4 is 5.91 Å². The van der Waals surface area contributed by atoms with E-state index in [1.165, 1.54) is 6.42 Å². The molecule has 1 unspecified atom stereocenters. The van der Waals surface area contributed by atoms with Gasteiger partial charge in [0.15, 0.2) is 0 Å². The maximum absolute atomic E-state index is 12.0. The van der Waals surface area contributed by atoms with Gasteiger partial charge in [0.2, 0.25) is 5.91 Å². The zero-order valence-corrected chi connectivity index (χ0v) is 10.4. The van der Waals surface area contributed by atoms with E-state index in [0.29, 0.717) is 11.8 Å². The molecule has 0 saturated carbocycles. The predicted octanol–water partition coefficient (Wildman–Crippen LogP) is 0.00600. The van der Waals surface area contributed by atoms with Gasteiger partial charge in [-0.05, 0) is 25.9 Å². The van der Waals surface area contributed by atoms with E-state index in [4.69, 9.17) is 0 Å². The second-order valence-electron chi connectivity index (χ2n) is 5.15. The van der Waals surface area contributed by atoms with Crippen molar-refractivity contribution in [2.45, 2.75) is 13.3 Å². The first-order chi connectivity index (χ1) is 7.70. The molecule has 16 heavy (non-hydrogen) atoms. The van der Waals surface area contributed by atoms with Gasteiger partial charge < -0.3 is 15.1 Å². The van der Waals surface area contributed by atoms with E-state index >= 15 is 0 Å². The van der Waals surface area contributed by atoms with E-state index in [1.54, 1.807) is 0 Å². The molecule has 2 aliphatic heterocycles. The van der Waals surface area contributed by atoms with Gasteiger partial charge in [-0.3, -0.25) is 4.79 Å². The summed E-state index contributed by atoms with van der Waals surface area (Å²) in [5, 5.41) is 3.16. The highest BCUT2D eigenvalue weighted by Crippen LogP contribution is 2.20. The Labute approximate surface area is 98.0 Å². The van der Waals surface area contributed by atoms with Crippen molar-refractivity contribution in [3.05, 3.63) is 0 Å². The first kappa shape index (κ1) is 11.9. The minimum Gasteiger partial charge on any atom is -0.342 e. The largest absolute Gasteiger partial charge is 0.342 e. The lowest BCUT2D eigenvalue weighted by molar-refractivity contribution is -0.136. The Bertz CT molecular complexity index is 253. The first-order valence-corrected chi connectivity index (χ1v) is 6.38. The lowest BCUT2D eigenvalue weighted by atomic mass is 10.0. The van der Waals surface area contributed by atoms with Gasteiger partial charge in [0.05, 0.1) is 5.92 Å². The number of rotatable bonds is 4. The van der Waals surface area contributed by atoms with Gasteiger partial charge in [0, 0.05) is 32.7 Å². The predicted molar refractivity (Wildman–Crippen MR) is 64.2 cm³/mol. The van der Waals surface area contributed by atoms with Crippen LogP contribution in [0.4, 0.5) is 0 Å². The summed E-state index contributed by atoms with van der Waals surface area (Å²) in [6.45, 7) is 8.11. The van der Waals surface area contributed by atoms with Crippen LogP contribution in [0.1, 0.15) is 13.3 Å². The molecule has 2 saturated heterocycles. The molecule has 1 N–H and O–H groups in total. The fraction of sp³-hybridized carbons (Fsp3) is 0.917. The highest BCUT2D eigenvalue weighted by molar-refractivity contribution is 5.80. The SMILES string of the molecule is CCN(C)CC1CCN(C(=O)C2CNC2)C1. The molecule has 4 heteroatoms. The number of hydrogen-bond donors (Lipinski definition) is 1. The number of hydrogen-bond acceptors (Lipinski definition) is 3. The molecule has 0 aromatic carbocycles. The Morgan fingerprint density at radius 1 is 1.50 bits per heavy atom. The van der Waals surface area contributed by atoms with Crippen LogP contribution in [0.2, 0.25) is 0 Å². The third-order valence-electron chi connectivity index (χ3n) is 3.84. The quantitative estimate of drug-likeness (QED) is 0.732. The van der Waals surface area contributed by atoms with Gasteiger partial charge in [-0.25, -0.2) is 0 Å². The average Bonchev–Trinajstić information content (AvgIpc) is 2.63. The molecule has 2 aliphatic rings. The van der Waals surface area contributed by atoms with Gasteiger partial charge in [0.1, 0.15) is 0 Å². The van der Waals surface area contributed by atoms with Gasteiger partial charge in [-0.1, -0.05) is 6.92 Å². The zero-order valence-electron chi connectivity index (χ0n) is 10.4. The molecule has 1 atom stereocenters. The third kappa shape index (κ3) is 2.55. The highest BCUT2D eigenvalue weighted by Gasteiger charge is 2.33. The first-order valence-electron chi connectivity index (χ1n) is 6.38. The molecule has 2 heterocycles. The monoisotopic (exact) mass is 225 g/mol. The fourth-order valence-corrected chi connectivity index (χ4v) is 2.47. The molecule has 0 aliphatic carbocycles. The summed E-state index contributed by atoms with van der Waals surface area (Å²) in [6, 6.07) is 0. The summed E-state index contributed by atoms with van der Waals surface area (Å²) in [5.41, 5.74) is 0. The molecular formula is C12H23N3O. The van der Waals surface area contributed by atoms with E-state index in [2.05, 4.69) is 29.1 Å². The fourth-order valence-electron chi connectivity index (χ4n) is 2.47. The Morgan fingerprint density at radius 3 is 2.81 bits per heavy atom. The Morgan fingerprint density at radius 2 is 2.25 bits per heavy atom. The number of carbonyl (C=O) groups is 1. The van der Waals surface area contributed by atoms with Crippen molar-refractivity contribution in [2.24, 2.45) is 11.8 Å². The lowest BCUT2D eigenvalue weighted by Crippen LogP contribution is -2.51. The smallest absolute Gasteiger partial charge is 0.228 e. The minimum absolute atomic E-state index is 0.266. The second kappa shape index (κ2) is 5.15. The topological polar surface area (TPSA) is 35.6 Å². The van der Waals surface area contributed by atoms with E-state index in [9.17, 15) is 4.79 Å². The van der Waals surface area contributed by atoms with Gasteiger partial charge in [0.25, 0.3) is 0 Å².